The van der Waals surface area contributed by atoms with Crippen LogP contribution < -0.4 is 5.32 Å². The van der Waals surface area contributed by atoms with Gasteiger partial charge in [-0.25, -0.2) is 0 Å². The van der Waals surface area contributed by atoms with Crippen LogP contribution in [-0.4, -0.2) is 49.2 Å². The fourth-order valence-electron chi connectivity index (χ4n) is 3.60. The molecular formula is C13H22N2O2. The number of rotatable bonds is 3. The first-order chi connectivity index (χ1) is 8.29. The summed E-state index contributed by atoms with van der Waals surface area (Å²) >= 11 is 0. The van der Waals surface area contributed by atoms with Gasteiger partial charge in [-0.1, -0.05) is 0 Å². The van der Waals surface area contributed by atoms with Crippen LogP contribution in [0.4, 0.5) is 0 Å². The Hall–Kier alpha value is -0.610. The number of piperidine rings is 2. The highest BCUT2D eigenvalue weighted by Gasteiger charge is 2.49. The summed E-state index contributed by atoms with van der Waals surface area (Å²) in [5.74, 6) is 1.52. The van der Waals surface area contributed by atoms with E-state index in [1.807, 2.05) is 0 Å². The van der Waals surface area contributed by atoms with Gasteiger partial charge in [0.25, 0.3) is 0 Å². The second-order valence-electron chi connectivity index (χ2n) is 5.57. The van der Waals surface area contributed by atoms with E-state index >= 15 is 0 Å². The van der Waals surface area contributed by atoms with Gasteiger partial charge in [-0.15, -0.1) is 0 Å². The summed E-state index contributed by atoms with van der Waals surface area (Å²) in [4.78, 5) is 14.3. The van der Waals surface area contributed by atoms with Gasteiger partial charge in [0.2, 0.25) is 5.91 Å². The highest BCUT2D eigenvalue weighted by Crippen LogP contribution is 2.42. The summed E-state index contributed by atoms with van der Waals surface area (Å²) in [5.41, 5.74) is 0. The minimum Gasteiger partial charge on any atom is -0.378 e. The molecule has 0 aromatic heterocycles. The third-order valence-electron chi connectivity index (χ3n) is 4.47. The standard InChI is InChI=1S/C13H22N2O2/c1-2-17-12-9-6-10(12)8-15(7-9)13(16)11-4-3-5-14-11/h9-12,14H,2-8H2,1H3/t9?,10?,11-,12?/m0/s1. The van der Waals surface area contributed by atoms with Crippen molar-refractivity contribution in [2.75, 3.05) is 26.2 Å². The minimum atomic E-state index is 0.0954. The van der Waals surface area contributed by atoms with Gasteiger partial charge >= 0.3 is 0 Å². The number of nitrogens with one attached hydrogen (secondary N) is 1. The van der Waals surface area contributed by atoms with Crippen molar-refractivity contribution in [1.29, 1.82) is 0 Å². The van der Waals surface area contributed by atoms with Gasteiger partial charge in [-0.3, -0.25) is 4.79 Å². The molecule has 3 heterocycles. The van der Waals surface area contributed by atoms with Crippen LogP contribution in [0.2, 0.25) is 0 Å². The first-order valence-electron chi connectivity index (χ1n) is 6.93. The van der Waals surface area contributed by atoms with Gasteiger partial charge in [0, 0.05) is 31.5 Å². The van der Waals surface area contributed by atoms with E-state index in [1.54, 1.807) is 0 Å². The van der Waals surface area contributed by atoms with Crippen LogP contribution in [-0.2, 0) is 9.53 Å². The van der Waals surface area contributed by atoms with Crippen LogP contribution in [0.5, 0.6) is 0 Å². The lowest BCUT2D eigenvalue weighted by Crippen LogP contribution is -2.62. The summed E-state index contributed by atoms with van der Waals surface area (Å²) in [6, 6.07) is 0.0954. The summed E-state index contributed by atoms with van der Waals surface area (Å²) in [5, 5.41) is 3.30. The van der Waals surface area contributed by atoms with Crippen molar-refractivity contribution in [2.24, 2.45) is 11.8 Å². The van der Waals surface area contributed by atoms with E-state index < -0.39 is 0 Å². The second kappa shape index (κ2) is 4.58. The Balaban J connectivity index is 1.56. The minimum absolute atomic E-state index is 0.0954. The van der Waals surface area contributed by atoms with E-state index in [4.69, 9.17) is 4.74 Å². The van der Waals surface area contributed by atoms with Crippen LogP contribution in [0.15, 0.2) is 0 Å². The smallest absolute Gasteiger partial charge is 0.239 e. The van der Waals surface area contributed by atoms with Gasteiger partial charge in [0.05, 0.1) is 12.1 Å². The quantitative estimate of drug-likeness (QED) is 0.784. The molecule has 17 heavy (non-hydrogen) atoms. The Morgan fingerprint density at radius 2 is 2.18 bits per heavy atom. The fourth-order valence-corrected chi connectivity index (χ4v) is 3.60. The first-order valence-corrected chi connectivity index (χ1v) is 6.93. The fraction of sp³-hybridized carbons (Fsp3) is 0.923. The number of carbonyl (C=O) groups is 1. The average Bonchev–Trinajstić information content (AvgIpc) is 2.89. The van der Waals surface area contributed by atoms with Gasteiger partial charge < -0.3 is 15.0 Å². The van der Waals surface area contributed by atoms with E-state index in [-0.39, 0.29) is 6.04 Å². The zero-order valence-corrected chi connectivity index (χ0v) is 10.5. The van der Waals surface area contributed by atoms with Gasteiger partial charge in [-0.2, -0.15) is 0 Å². The lowest BCUT2D eigenvalue weighted by atomic mass is 9.68. The molecule has 0 spiro atoms. The number of carbonyl (C=O) groups excluding carboxylic acids is 1. The van der Waals surface area contributed by atoms with Gasteiger partial charge in [0.15, 0.2) is 0 Å². The topological polar surface area (TPSA) is 41.6 Å². The number of hydrogen-bond acceptors (Lipinski definition) is 3. The molecule has 1 N–H and O–H groups in total. The lowest BCUT2D eigenvalue weighted by molar-refractivity contribution is -0.162. The lowest BCUT2D eigenvalue weighted by Gasteiger charge is -2.53. The molecule has 4 nitrogen and oxygen atoms in total. The third kappa shape index (κ3) is 1.97. The third-order valence-corrected chi connectivity index (χ3v) is 4.47. The molecule has 96 valence electrons. The molecule has 0 aromatic rings. The molecular weight excluding hydrogens is 216 g/mol. The molecule has 1 amide bonds. The zero-order valence-electron chi connectivity index (χ0n) is 10.5. The summed E-state index contributed by atoms with van der Waals surface area (Å²) in [6.45, 7) is 5.68. The number of hydrogen-bond donors (Lipinski definition) is 1. The highest BCUT2D eigenvalue weighted by atomic mass is 16.5. The van der Waals surface area contributed by atoms with Crippen LogP contribution in [0.25, 0.3) is 0 Å². The number of amides is 1. The normalized spacial score (nSPS) is 40.2. The monoisotopic (exact) mass is 238 g/mol. The molecule has 4 heteroatoms. The van der Waals surface area contributed by atoms with Crippen molar-refractivity contribution in [3.8, 4) is 0 Å². The molecule has 4 aliphatic rings. The maximum atomic E-state index is 12.3. The van der Waals surface area contributed by atoms with Crippen molar-refractivity contribution in [2.45, 2.75) is 38.3 Å². The predicted octanol–water partition coefficient (Wildman–Crippen LogP) is 0.622. The Morgan fingerprint density at radius 3 is 2.76 bits per heavy atom. The highest BCUT2D eigenvalue weighted by molar-refractivity contribution is 5.82. The van der Waals surface area contributed by atoms with E-state index in [2.05, 4.69) is 17.1 Å². The molecule has 4 fully saturated rings. The largest absolute Gasteiger partial charge is 0.378 e. The summed E-state index contributed by atoms with van der Waals surface area (Å²) in [6.07, 6.45) is 3.84. The molecule has 0 radical (unpaired) electrons. The molecule has 3 saturated heterocycles. The molecule has 3 atom stereocenters. The van der Waals surface area contributed by atoms with E-state index in [0.717, 1.165) is 39.1 Å². The van der Waals surface area contributed by atoms with Crippen molar-refractivity contribution in [1.82, 2.24) is 10.2 Å². The first kappa shape index (κ1) is 11.5. The van der Waals surface area contributed by atoms with Crippen LogP contribution >= 0.6 is 0 Å². The molecule has 2 unspecified atom stereocenters. The van der Waals surface area contributed by atoms with Gasteiger partial charge in [-0.05, 0) is 32.7 Å². The zero-order chi connectivity index (χ0) is 11.8. The molecule has 4 rings (SSSR count). The Morgan fingerprint density at radius 1 is 1.41 bits per heavy atom. The predicted molar refractivity (Wildman–Crippen MR) is 64.6 cm³/mol. The van der Waals surface area contributed by atoms with E-state index in [1.165, 1.54) is 6.42 Å². The molecule has 2 bridgehead atoms. The van der Waals surface area contributed by atoms with E-state index in [0.29, 0.717) is 23.8 Å². The SMILES string of the molecule is CCOC1C2CC1CN(C(=O)[C@@H]1CCCN1)C2. The van der Waals surface area contributed by atoms with E-state index in [9.17, 15) is 4.79 Å². The summed E-state index contributed by atoms with van der Waals surface area (Å²) < 4.78 is 5.74. The van der Waals surface area contributed by atoms with Gasteiger partial charge in [0.1, 0.15) is 0 Å². The van der Waals surface area contributed by atoms with Crippen molar-refractivity contribution < 1.29 is 9.53 Å². The number of nitrogens with zero attached hydrogens (tertiary/aromatic N) is 1. The van der Waals surface area contributed by atoms with Crippen LogP contribution in [0, 0.1) is 11.8 Å². The van der Waals surface area contributed by atoms with Crippen LogP contribution in [0.1, 0.15) is 26.2 Å². The molecule has 3 aliphatic heterocycles. The molecule has 1 aliphatic carbocycles. The Kier molecular flexibility index (Phi) is 3.09. The molecule has 1 saturated carbocycles. The maximum Gasteiger partial charge on any atom is 0.239 e. The number of ether oxygens (including phenoxy) is 1. The average molecular weight is 238 g/mol. The molecule has 0 aromatic carbocycles. The Bertz CT molecular complexity index is 290. The Labute approximate surface area is 103 Å². The van der Waals surface area contributed by atoms with Crippen molar-refractivity contribution in [3.63, 3.8) is 0 Å². The summed E-state index contributed by atoms with van der Waals surface area (Å²) in [7, 11) is 0. The van der Waals surface area contributed by atoms with Crippen molar-refractivity contribution >= 4 is 5.91 Å². The van der Waals surface area contributed by atoms with Crippen molar-refractivity contribution in [3.05, 3.63) is 0 Å². The second-order valence-corrected chi connectivity index (χ2v) is 5.57. The maximum absolute atomic E-state index is 12.3. The number of fused-ring (bicyclic) bond motifs is 2. The van der Waals surface area contributed by atoms with Crippen LogP contribution in [0.3, 0.4) is 0 Å².